The first-order valence-corrected chi connectivity index (χ1v) is 5.91. The van der Waals surface area contributed by atoms with E-state index in [4.69, 9.17) is 18.9 Å². The third-order valence-corrected chi connectivity index (χ3v) is 4.01. The van der Waals surface area contributed by atoms with Gasteiger partial charge in [0, 0.05) is 5.30 Å². The van der Waals surface area contributed by atoms with E-state index in [0.29, 0.717) is 5.30 Å². The molecule has 0 aliphatic heterocycles. The summed E-state index contributed by atoms with van der Waals surface area (Å²) in [6.45, 7) is 1.80. The summed E-state index contributed by atoms with van der Waals surface area (Å²) in [6, 6.07) is 8.20. The van der Waals surface area contributed by atoms with Crippen molar-refractivity contribution in [3.05, 3.63) is 30.3 Å². The average molecular weight is 221 g/mol. The molecule has 0 N–H and O–H groups in total. The molecule has 1 aromatic carbocycles. The van der Waals surface area contributed by atoms with Crippen LogP contribution in [0.1, 0.15) is 9.67 Å². The minimum Gasteiger partial charge on any atom is -0.325 e. The van der Waals surface area contributed by atoms with Crippen molar-refractivity contribution in [3.8, 4) is 0 Å². The second kappa shape index (κ2) is 4.80. The third-order valence-electron chi connectivity index (χ3n) is 1.52. The molecule has 4 heteroatoms. The molecule has 0 spiro atoms. The number of hydrogen-bond acceptors (Lipinski definition) is 2. The first-order valence-electron chi connectivity index (χ1n) is 4.91. The van der Waals surface area contributed by atoms with Crippen LogP contribution in [0.4, 0.5) is 0 Å². The van der Waals surface area contributed by atoms with Crippen LogP contribution in [0.25, 0.3) is 0 Å². The highest BCUT2D eigenvalue weighted by atomic mass is 35.5. The number of alkyl halides is 1. The Labute approximate surface area is 86.1 Å². The van der Waals surface area contributed by atoms with Crippen molar-refractivity contribution < 1.29 is 11.8 Å². The van der Waals surface area contributed by atoms with Gasteiger partial charge in [0.25, 0.3) is 0 Å². The summed E-state index contributed by atoms with van der Waals surface area (Å²) in [5.74, 6) is 0. The molecular weight excluding hydrogens is 207 g/mol. The Bertz CT molecular complexity index is 364. The number of rotatable bonds is 4. The topological polar surface area (TPSA) is 26.3 Å². The molecular formula is C9H12ClO2P. The van der Waals surface area contributed by atoms with E-state index >= 15 is 0 Å². The van der Waals surface area contributed by atoms with E-state index in [9.17, 15) is 4.57 Å². The van der Waals surface area contributed by atoms with E-state index in [-0.39, 0.29) is 6.61 Å². The van der Waals surface area contributed by atoms with Gasteiger partial charge in [0.1, 0.15) is 5.57 Å². The second-order valence-electron chi connectivity index (χ2n) is 2.39. The zero-order chi connectivity index (χ0) is 11.5. The van der Waals surface area contributed by atoms with Crippen molar-refractivity contribution in [2.45, 2.75) is 6.92 Å². The van der Waals surface area contributed by atoms with Crippen LogP contribution >= 0.6 is 19.0 Å². The SMILES string of the molecule is [2H]C([2H])(Cl)P(=O)(OCC)c1ccccc1. The van der Waals surface area contributed by atoms with E-state index in [0.717, 1.165) is 0 Å². The van der Waals surface area contributed by atoms with E-state index in [1.165, 1.54) is 0 Å². The zero-order valence-electron chi connectivity index (χ0n) is 9.24. The second-order valence-corrected chi connectivity index (χ2v) is 4.94. The van der Waals surface area contributed by atoms with E-state index < -0.39 is 12.9 Å². The summed E-state index contributed by atoms with van der Waals surface area (Å²) in [5.41, 5.74) is -2.38. The van der Waals surface area contributed by atoms with E-state index in [1.54, 1.807) is 37.3 Å². The molecule has 0 aliphatic carbocycles. The normalized spacial score (nSPS) is 18.6. The molecule has 0 bridgehead atoms. The lowest BCUT2D eigenvalue weighted by Crippen LogP contribution is -2.07. The highest BCUT2D eigenvalue weighted by molar-refractivity contribution is 7.68. The molecule has 72 valence electrons. The van der Waals surface area contributed by atoms with Gasteiger partial charge >= 0.3 is 0 Å². The van der Waals surface area contributed by atoms with Gasteiger partial charge in [-0.3, -0.25) is 4.57 Å². The number of hydrogen-bond donors (Lipinski definition) is 0. The van der Waals surface area contributed by atoms with Crippen molar-refractivity contribution in [2.75, 3.05) is 12.2 Å². The first-order chi connectivity index (χ1) is 6.92. The Morgan fingerprint density at radius 2 is 2.15 bits per heavy atom. The summed E-state index contributed by atoms with van der Waals surface area (Å²) in [5, 5.41) is 0.298. The fraction of sp³-hybridized carbons (Fsp3) is 0.333. The Hall–Kier alpha value is -0.300. The largest absolute Gasteiger partial charge is 0.325 e. The van der Waals surface area contributed by atoms with Crippen molar-refractivity contribution >= 4 is 24.3 Å². The van der Waals surface area contributed by atoms with Crippen molar-refractivity contribution in [1.29, 1.82) is 0 Å². The molecule has 1 unspecified atom stereocenters. The van der Waals surface area contributed by atoms with Gasteiger partial charge in [-0.1, -0.05) is 18.2 Å². The van der Waals surface area contributed by atoms with E-state index in [1.807, 2.05) is 0 Å². The highest BCUT2D eigenvalue weighted by Crippen LogP contribution is 2.46. The lowest BCUT2D eigenvalue weighted by molar-refractivity contribution is 0.343. The maximum atomic E-state index is 12.3. The predicted molar refractivity (Wildman–Crippen MR) is 56.0 cm³/mol. The van der Waals surface area contributed by atoms with Crippen LogP contribution in [0.3, 0.4) is 0 Å². The van der Waals surface area contributed by atoms with Gasteiger partial charge in [0.15, 0.2) is 0 Å². The van der Waals surface area contributed by atoms with Crippen LogP contribution < -0.4 is 5.30 Å². The van der Waals surface area contributed by atoms with Crippen LogP contribution in [-0.2, 0) is 9.09 Å². The highest BCUT2D eigenvalue weighted by Gasteiger charge is 2.23. The van der Waals surface area contributed by atoms with Crippen LogP contribution in [0.5, 0.6) is 0 Å². The Kier molecular flexibility index (Phi) is 2.97. The monoisotopic (exact) mass is 220 g/mol. The van der Waals surface area contributed by atoms with Crippen molar-refractivity contribution in [2.24, 2.45) is 0 Å². The Morgan fingerprint density at radius 3 is 2.62 bits per heavy atom. The lowest BCUT2D eigenvalue weighted by Gasteiger charge is -2.14. The van der Waals surface area contributed by atoms with Gasteiger partial charge in [-0.2, -0.15) is 0 Å². The molecule has 0 amide bonds. The maximum Gasteiger partial charge on any atom is 0.246 e. The van der Waals surface area contributed by atoms with Crippen LogP contribution in [0.2, 0.25) is 0 Å². The Morgan fingerprint density at radius 1 is 1.54 bits per heavy atom. The average Bonchev–Trinajstić information content (AvgIpc) is 2.18. The van der Waals surface area contributed by atoms with Gasteiger partial charge in [0.2, 0.25) is 7.37 Å². The molecule has 0 saturated carbocycles. The molecule has 0 heterocycles. The van der Waals surface area contributed by atoms with Crippen LogP contribution in [-0.4, -0.2) is 12.2 Å². The molecule has 1 aromatic rings. The van der Waals surface area contributed by atoms with Gasteiger partial charge < -0.3 is 4.52 Å². The first kappa shape index (κ1) is 8.05. The molecule has 13 heavy (non-hydrogen) atoms. The summed E-state index contributed by atoms with van der Waals surface area (Å²) >= 11 is 5.50. The molecule has 0 radical (unpaired) electrons. The smallest absolute Gasteiger partial charge is 0.246 e. The maximum absolute atomic E-state index is 12.3. The number of benzene rings is 1. The summed E-state index contributed by atoms with van der Waals surface area (Å²) in [7, 11) is -3.66. The van der Waals surface area contributed by atoms with Crippen molar-refractivity contribution in [3.63, 3.8) is 0 Å². The number of halogens is 1. The molecule has 1 atom stereocenters. The fourth-order valence-corrected chi connectivity index (χ4v) is 2.62. The standard InChI is InChI=1S/C9H12ClO2P/c1-2-12-13(11,8-10)9-6-4-3-5-7-9/h3-7H,2,8H2,1H3/i8D2. The van der Waals surface area contributed by atoms with Crippen LogP contribution in [0, 0.1) is 0 Å². The minimum absolute atomic E-state index is 0.151. The van der Waals surface area contributed by atoms with Crippen molar-refractivity contribution in [1.82, 2.24) is 0 Å². The molecule has 1 rings (SSSR count). The minimum atomic E-state index is -3.66. The summed E-state index contributed by atoms with van der Waals surface area (Å²) in [6.07, 6.45) is 0. The fourth-order valence-electron chi connectivity index (χ4n) is 0.954. The molecule has 0 aromatic heterocycles. The van der Waals surface area contributed by atoms with Crippen LogP contribution in [0.15, 0.2) is 30.3 Å². The lowest BCUT2D eigenvalue weighted by atomic mass is 10.4. The third kappa shape index (κ3) is 2.57. The molecule has 0 aliphatic rings. The summed E-state index contributed by atoms with van der Waals surface area (Å²) in [4.78, 5) is 0. The molecule has 0 saturated heterocycles. The van der Waals surface area contributed by atoms with Gasteiger partial charge in [-0.15, -0.1) is 11.6 Å². The van der Waals surface area contributed by atoms with Gasteiger partial charge in [-0.05, 0) is 19.1 Å². The summed E-state index contributed by atoms with van der Waals surface area (Å²) < 4.78 is 32.1. The van der Waals surface area contributed by atoms with E-state index in [2.05, 4.69) is 0 Å². The quantitative estimate of drug-likeness (QED) is 0.576. The molecule has 0 fully saturated rings. The predicted octanol–water partition coefficient (Wildman–Crippen LogP) is 2.82. The zero-order valence-corrected chi connectivity index (χ0v) is 8.89. The Balaban J connectivity index is 3.20. The van der Waals surface area contributed by atoms with Gasteiger partial charge in [0.05, 0.1) is 9.35 Å². The molecule has 2 nitrogen and oxygen atoms in total. The van der Waals surface area contributed by atoms with Gasteiger partial charge in [-0.25, -0.2) is 0 Å².